The van der Waals surface area contributed by atoms with Gasteiger partial charge in [-0.25, -0.2) is 28.8 Å². The zero-order chi connectivity index (χ0) is 92.8. The molecule has 12 heterocycles. The highest BCUT2D eigenvalue weighted by Gasteiger charge is 2.65. The summed E-state index contributed by atoms with van der Waals surface area (Å²) in [5, 5.41) is 20.6. The molecule has 4 aromatic rings. The summed E-state index contributed by atoms with van der Waals surface area (Å²) in [4.78, 5) is 111. The topological polar surface area (TPSA) is 314 Å². The molecule has 16 atom stereocenters. The molecule has 8 saturated heterocycles. The number of aryl methyl sites for hydroxylation is 4. The lowest BCUT2D eigenvalue weighted by Gasteiger charge is -2.49. The number of ketones is 2. The standard InChI is InChI=1S/2C19H28N4O2.2C14H21N3O2.C12H19NO3.C10H15NO3.C5H14N2O.C2H6/c1-3-25-18(24)22-7-5-19(12-22)8-13(9-19)23-10-14-15(11-23)17(14)16-4-6-21(2)20-16;1-3-25-18(24)22-7-5-19(12-22)8-13(9-19)23-10-14-15(11-23)17(14)16-4-6-20-21(16)2;1-14(2,3)19-13(18)17-7-9-10(8-17)12(9)11-5-6-16(4)15-11;1-14(2,3)19-13(18)17-7-9-10(8-17)12(9)11-5-6-15-16(11)4;1-7(14)10-8-5-13(6-9(8)10)11(15)16-12(2,3)4;1-2-14-9(13)11-4-3-10(7-11)5-8(12)6-10;1-6-5(8-4)7(2)3;1-2/h2*4,6,13-15,17H,3,5,7-12H2,1-2H3;2*5-6,9-10,12H,7-8H2,1-4H3;8-10H,5-6H2,1-4H3;2-7H2,1H3;5-6H,1-4H3;1-2H3/t2*13?,14-,15+,17?,19?;2*9-,10+,12?;8-,9+,10?;;;. The first-order valence-electron chi connectivity index (χ1n) is 47.6. The molecule has 0 bridgehead atoms. The predicted molar refractivity (Wildman–Crippen MR) is 482 cm³/mol. The molecular weight excluding hydrogens is 1630 g/mol. The number of nitrogens with zero attached hydrogens (tertiary/aromatic N) is 17. The summed E-state index contributed by atoms with van der Waals surface area (Å²) >= 11 is 0. The van der Waals surface area contributed by atoms with Crippen molar-refractivity contribution in [3.05, 3.63) is 71.8 Å². The van der Waals surface area contributed by atoms with E-state index in [4.69, 9.17) is 33.2 Å². The number of hydrogen-bond donors (Lipinski definition) is 1. The van der Waals surface area contributed by atoms with Crippen LogP contribution in [0.25, 0.3) is 0 Å². The van der Waals surface area contributed by atoms with Crippen molar-refractivity contribution in [3.8, 4) is 0 Å². The molecule has 6 amide bonds. The number of piperidine rings is 5. The van der Waals surface area contributed by atoms with Gasteiger partial charge in [0.1, 0.15) is 28.4 Å². The number of hydrogen-bond acceptors (Lipinski definition) is 23. The fourth-order valence-electron chi connectivity index (χ4n) is 23.4. The third kappa shape index (κ3) is 22.5. The van der Waals surface area contributed by atoms with Crippen molar-refractivity contribution in [3.63, 3.8) is 0 Å². The van der Waals surface area contributed by atoms with Gasteiger partial charge < -0.3 is 62.6 Å². The molecule has 8 aliphatic heterocycles. The van der Waals surface area contributed by atoms with Crippen LogP contribution >= 0.6 is 0 Å². The maximum atomic E-state index is 12.0. The van der Waals surface area contributed by atoms with Crippen molar-refractivity contribution in [2.45, 2.75) is 221 Å². The van der Waals surface area contributed by atoms with Crippen molar-refractivity contribution in [1.29, 1.82) is 0 Å². The number of methoxy groups -OCH3 is 1. The highest BCUT2D eigenvalue weighted by Crippen LogP contribution is 2.64. The van der Waals surface area contributed by atoms with Gasteiger partial charge in [0.15, 0.2) is 6.35 Å². The summed E-state index contributed by atoms with van der Waals surface area (Å²) in [5.41, 5.74) is 4.78. The van der Waals surface area contributed by atoms with Crippen LogP contribution in [0.15, 0.2) is 49.1 Å². The first-order valence-corrected chi connectivity index (χ1v) is 47.6. The van der Waals surface area contributed by atoms with E-state index in [1.807, 2.05) is 194 Å². The number of amides is 6. The number of likely N-dealkylation sites (tertiary alicyclic amines) is 8. The molecule has 0 aromatic carbocycles. The second-order valence-corrected chi connectivity index (χ2v) is 42.5. The Hall–Kier alpha value is -8.40. The van der Waals surface area contributed by atoms with Gasteiger partial charge >= 0.3 is 36.6 Å². The molecule has 8 saturated carbocycles. The Morgan fingerprint density at radius 3 is 1.04 bits per heavy atom. The molecule has 16 fully saturated rings. The van der Waals surface area contributed by atoms with E-state index in [0.29, 0.717) is 122 Å². The van der Waals surface area contributed by atoms with E-state index < -0.39 is 16.8 Å². The number of carbonyl (C=O) groups excluding carboxylic acids is 8. The van der Waals surface area contributed by atoms with Crippen LogP contribution in [0.2, 0.25) is 0 Å². The lowest BCUT2D eigenvalue weighted by atomic mass is 9.64. The van der Waals surface area contributed by atoms with Crippen LogP contribution in [0.4, 0.5) is 28.8 Å². The maximum Gasteiger partial charge on any atom is 0.410 e. The Morgan fingerprint density at radius 2 is 0.773 bits per heavy atom. The third-order valence-corrected chi connectivity index (χ3v) is 29.7. The number of nitrogens with one attached hydrogen (secondary N) is 1. The fourth-order valence-corrected chi connectivity index (χ4v) is 23.4. The average Bonchev–Trinajstić information content (AvgIpc) is 1.55. The first-order chi connectivity index (χ1) is 60.6. The molecule has 33 heteroatoms. The van der Waals surface area contributed by atoms with Gasteiger partial charge in [-0.05, 0) is 250 Å². The molecule has 4 aromatic heterocycles. The van der Waals surface area contributed by atoms with E-state index in [1.54, 1.807) is 30.8 Å². The average molecular weight is 1790 g/mol. The van der Waals surface area contributed by atoms with Crippen LogP contribution in [-0.2, 0) is 70.9 Å². The van der Waals surface area contributed by atoms with Gasteiger partial charge in [0, 0.05) is 236 Å². The van der Waals surface area contributed by atoms with Gasteiger partial charge in [-0.3, -0.25) is 48.3 Å². The van der Waals surface area contributed by atoms with Gasteiger partial charge in [-0.1, -0.05) is 13.8 Å². The molecule has 712 valence electrons. The summed E-state index contributed by atoms with van der Waals surface area (Å²) in [6, 6.07) is 10.0. The van der Waals surface area contributed by atoms with Crippen LogP contribution in [0, 0.1) is 81.3 Å². The highest BCUT2D eigenvalue weighted by atomic mass is 16.6. The van der Waals surface area contributed by atoms with Crippen LogP contribution < -0.4 is 5.32 Å². The molecule has 128 heavy (non-hydrogen) atoms. The number of aromatic nitrogens is 8. The van der Waals surface area contributed by atoms with E-state index in [0.717, 1.165) is 120 Å². The van der Waals surface area contributed by atoms with Crippen LogP contribution in [0.5, 0.6) is 0 Å². The first kappa shape index (κ1) is 97.1. The zero-order valence-electron chi connectivity index (χ0n) is 81.0. The number of rotatable bonds is 13. The number of fused-ring (bicyclic) bond motifs is 5. The quantitative estimate of drug-likeness (QED) is 0.0960. The minimum atomic E-state index is -0.441. The third-order valence-electron chi connectivity index (χ3n) is 29.7. The molecule has 8 aliphatic carbocycles. The molecule has 33 nitrogen and oxygen atoms in total. The Morgan fingerprint density at radius 1 is 0.461 bits per heavy atom. The predicted octanol–water partition coefficient (Wildman–Crippen LogP) is 11.8. The summed E-state index contributed by atoms with van der Waals surface area (Å²) in [5.74, 6) is 9.79. The lowest BCUT2D eigenvalue weighted by molar-refractivity contribution is -0.132. The SMILES string of the molecule is CC.CC(=O)C1[C@H]2CN(C(=O)OC(C)(C)C)C[C@@H]12.CCOC(=O)N1CCC2(CC(=O)C2)C1.CCOC(=O)N1CCC2(CC(N3C[C@@H]4C(c5ccn(C)n5)[C@@H]4C3)C2)C1.CCOC(=O)N1CCC2(CC(N3C[C@@H]4C(c5ccnn5C)[C@@H]4C3)C2)C1.CNC(OC)N(C)C.Cn1ccc(C2[C@H]3CN(C(=O)OC(C)(C)C)C[C@@H]23)n1.Cn1nccc1C1[C@H]2CN(C(=O)OC(C)(C)C)C[C@@H]12. The molecular formula is C95H152N18O15. The van der Waals surface area contributed by atoms with E-state index in [-0.39, 0.29) is 60.0 Å². The van der Waals surface area contributed by atoms with E-state index in [9.17, 15) is 38.4 Å². The Bertz CT molecular complexity index is 4430. The van der Waals surface area contributed by atoms with E-state index in [2.05, 4.69) is 73.0 Å². The van der Waals surface area contributed by atoms with E-state index in [1.165, 1.54) is 74.6 Å². The van der Waals surface area contributed by atoms with Crippen molar-refractivity contribution in [2.75, 3.05) is 153 Å². The second kappa shape index (κ2) is 39.2. The minimum absolute atomic E-state index is 0.0370. The minimum Gasteiger partial charge on any atom is -0.450 e. The van der Waals surface area contributed by atoms with Crippen molar-refractivity contribution < 1.29 is 71.5 Å². The number of ether oxygens (including phenoxy) is 7. The smallest absolute Gasteiger partial charge is 0.410 e. The highest BCUT2D eigenvalue weighted by molar-refractivity contribution is 5.87. The van der Waals surface area contributed by atoms with Gasteiger partial charge in [0.05, 0.1) is 31.2 Å². The number of Topliss-reactive ketones (excluding diaryl/α,β-unsaturated/α-hetero) is 2. The van der Waals surface area contributed by atoms with Gasteiger partial charge in [0.25, 0.3) is 0 Å². The van der Waals surface area contributed by atoms with Crippen molar-refractivity contribution in [2.24, 2.45) is 110 Å². The molecule has 6 unspecified atom stereocenters. The molecule has 3 spiro atoms. The maximum absolute atomic E-state index is 12.0. The van der Waals surface area contributed by atoms with Gasteiger partial charge in [-0.15, -0.1) is 0 Å². The largest absolute Gasteiger partial charge is 0.450 e. The second-order valence-electron chi connectivity index (χ2n) is 42.5. The number of carbonyl (C=O) groups is 8. The molecule has 16 aliphatic rings. The Kier molecular flexibility index (Phi) is 29.7. The molecule has 0 radical (unpaired) electrons. The van der Waals surface area contributed by atoms with Crippen molar-refractivity contribution >= 4 is 48.1 Å². The van der Waals surface area contributed by atoms with Crippen LogP contribution in [0.3, 0.4) is 0 Å². The summed E-state index contributed by atoms with van der Waals surface area (Å²) in [6.07, 6.45) is 16.4. The van der Waals surface area contributed by atoms with Crippen LogP contribution in [0.1, 0.15) is 208 Å². The van der Waals surface area contributed by atoms with Gasteiger partial charge in [-0.2, -0.15) is 20.4 Å². The zero-order valence-corrected chi connectivity index (χ0v) is 81.0. The molecule has 1 N–H and O–H groups in total. The Balaban J connectivity index is 0.000000130. The normalized spacial score (nSPS) is 31.7. The summed E-state index contributed by atoms with van der Waals surface area (Å²) in [6.45, 7) is 44.2. The molecule has 20 rings (SSSR count). The monoisotopic (exact) mass is 1790 g/mol. The Labute approximate surface area is 759 Å². The van der Waals surface area contributed by atoms with Gasteiger partial charge in [0.2, 0.25) is 0 Å². The van der Waals surface area contributed by atoms with E-state index >= 15 is 0 Å². The lowest BCUT2D eigenvalue weighted by Crippen LogP contribution is -2.52. The van der Waals surface area contributed by atoms with Crippen molar-refractivity contribution in [1.82, 2.24) is 88.5 Å². The fraction of sp³-hybridized carbons (Fsp3) is 0.789. The summed E-state index contributed by atoms with van der Waals surface area (Å²) in [7, 11) is 15.4. The summed E-state index contributed by atoms with van der Waals surface area (Å²) < 4.78 is 44.1. The van der Waals surface area contributed by atoms with Crippen LogP contribution in [-0.4, -0.2) is 319 Å².